The van der Waals surface area contributed by atoms with Gasteiger partial charge in [-0.05, 0) is 37.3 Å². The number of hydrogen-bond donors (Lipinski definition) is 2. The van der Waals surface area contributed by atoms with Gasteiger partial charge in [-0.25, -0.2) is 4.52 Å². The number of hydrogen-bond acceptors (Lipinski definition) is 5. The van der Waals surface area contributed by atoms with Crippen LogP contribution in [0.2, 0.25) is 0 Å². The van der Waals surface area contributed by atoms with Gasteiger partial charge in [-0.15, -0.1) is 5.10 Å². The van der Waals surface area contributed by atoms with E-state index in [9.17, 15) is 0 Å². The highest BCUT2D eigenvalue weighted by Crippen LogP contribution is 2.29. The van der Waals surface area contributed by atoms with Crippen molar-refractivity contribution in [3.8, 4) is 0 Å². The van der Waals surface area contributed by atoms with Gasteiger partial charge < -0.3 is 16.0 Å². The smallest absolute Gasteiger partial charge is 0.172 e. The van der Waals surface area contributed by atoms with E-state index >= 15 is 0 Å². The molecule has 1 aliphatic carbocycles. The molecule has 3 heterocycles. The molecule has 2 aromatic heterocycles. The van der Waals surface area contributed by atoms with Gasteiger partial charge in [-0.2, -0.15) is 0 Å². The second-order valence-electron chi connectivity index (χ2n) is 6.06. The normalized spacial score (nSPS) is 16.6. The number of pyridine rings is 1. The highest BCUT2D eigenvalue weighted by atomic mass is 15.3. The highest BCUT2D eigenvalue weighted by molar-refractivity contribution is 5.81. The van der Waals surface area contributed by atoms with E-state index < -0.39 is 0 Å². The molecular weight excluding hydrogens is 276 g/mol. The van der Waals surface area contributed by atoms with Crippen LogP contribution in [-0.2, 0) is 12.8 Å². The third kappa shape index (κ3) is 2.28. The summed E-state index contributed by atoms with van der Waals surface area (Å²) in [6.07, 6.45) is 6.47. The van der Waals surface area contributed by atoms with Crippen LogP contribution in [0.1, 0.15) is 24.1 Å². The van der Waals surface area contributed by atoms with Gasteiger partial charge in [0.1, 0.15) is 5.69 Å². The second-order valence-corrected chi connectivity index (χ2v) is 6.06. The van der Waals surface area contributed by atoms with Crippen LogP contribution >= 0.6 is 0 Å². The number of aliphatic imine (C=N–C) groups is 1. The first-order valence-corrected chi connectivity index (χ1v) is 8.10. The van der Waals surface area contributed by atoms with Crippen molar-refractivity contribution < 1.29 is 0 Å². The lowest BCUT2D eigenvalue weighted by Gasteiger charge is -2.13. The van der Waals surface area contributed by atoms with Gasteiger partial charge in [0.15, 0.2) is 5.82 Å². The Hall–Kier alpha value is -2.24. The molecule has 3 N–H and O–H groups in total. The summed E-state index contributed by atoms with van der Waals surface area (Å²) in [5, 5.41) is 8.08. The molecular formula is C16H22N6. The van der Waals surface area contributed by atoms with Crippen LogP contribution in [0.4, 0.5) is 11.5 Å². The molecule has 0 aromatic carbocycles. The molecule has 6 heteroatoms. The van der Waals surface area contributed by atoms with E-state index in [1.807, 2.05) is 10.9 Å². The quantitative estimate of drug-likeness (QED) is 0.822. The van der Waals surface area contributed by atoms with E-state index in [-0.39, 0.29) is 0 Å². The lowest BCUT2D eigenvalue weighted by Crippen LogP contribution is -2.22. The molecule has 0 saturated carbocycles. The van der Waals surface area contributed by atoms with Crippen LogP contribution in [-0.4, -0.2) is 47.0 Å². The average Bonchev–Trinajstić information content (AvgIpc) is 3.24. The maximum atomic E-state index is 6.26. The van der Waals surface area contributed by atoms with Crippen molar-refractivity contribution in [1.82, 2.24) is 14.5 Å². The maximum Gasteiger partial charge on any atom is 0.172 e. The van der Waals surface area contributed by atoms with E-state index in [0.717, 1.165) is 62.5 Å². The van der Waals surface area contributed by atoms with Gasteiger partial charge in [0, 0.05) is 25.3 Å². The molecule has 22 heavy (non-hydrogen) atoms. The van der Waals surface area contributed by atoms with E-state index in [1.165, 1.54) is 17.7 Å². The fourth-order valence-corrected chi connectivity index (χ4v) is 3.37. The van der Waals surface area contributed by atoms with Gasteiger partial charge in [0.2, 0.25) is 0 Å². The Balaban J connectivity index is 1.45. The van der Waals surface area contributed by atoms with Crippen molar-refractivity contribution in [2.24, 2.45) is 4.99 Å². The number of rotatable bonds is 5. The number of nitrogen functional groups attached to an aromatic ring is 1. The first kappa shape index (κ1) is 13.4. The standard InChI is InChI=1S/C16H22N6/c17-15-14-6-5-12-3-1-4-13(12)22(14)20-16(15)19-7-2-9-21-10-8-18-11-21/h5-6,11H,1-4,7-10,17H2,(H,19,20). The highest BCUT2D eigenvalue weighted by Gasteiger charge is 2.18. The van der Waals surface area contributed by atoms with Crippen molar-refractivity contribution in [2.75, 3.05) is 37.2 Å². The number of nitrogens with two attached hydrogens (primary N) is 1. The van der Waals surface area contributed by atoms with Crippen LogP contribution in [0.15, 0.2) is 17.1 Å². The molecule has 6 nitrogen and oxygen atoms in total. The van der Waals surface area contributed by atoms with E-state index in [0.29, 0.717) is 0 Å². The van der Waals surface area contributed by atoms with Crippen molar-refractivity contribution in [3.05, 3.63) is 23.4 Å². The largest absolute Gasteiger partial charge is 0.394 e. The summed E-state index contributed by atoms with van der Waals surface area (Å²) >= 11 is 0. The maximum absolute atomic E-state index is 6.26. The monoisotopic (exact) mass is 298 g/mol. The summed E-state index contributed by atoms with van der Waals surface area (Å²) in [7, 11) is 0. The first-order valence-electron chi connectivity index (χ1n) is 8.10. The summed E-state index contributed by atoms with van der Waals surface area (Å²) in [5.74, 6) is 0.815. The van der Waals surface area contributed by atoms with Crippen molar-refractivity contribution in [1.29, 1.82) is 0 Å². The minimum absolute atomic E-state index is 0.762. The zero-order chi connectivity index (χ0) is 14.9. The zero-order valence-corrected chi connectivity index (χ0v) is 12.8. The average molecular weight is 298 g/mol. The van der Waals surface area contributed by atoms with Crippen LogP contribution in [0.25, 0.3) is 5.52 Å². The van der Waals surface area contributed by atoms with Crippen molar-refractivity contribution in [2.45, 2.75) is 25.7 Å². The van der Waals surface area contributed by atoms with Crippen LogP contribution in [0.3, 0.4) is 0 Å². The zero-order valence-electron chi connectivity index (χ0n) is 12.8. The Morgan fingerprint density at radius 3 is 3.09 bits per heavy atom. The predicted octanol–water partition coefficient (Wildman–Crippen LogP) is 1.55. The number of nitrogens with zero attached hydrogens (tertiary/aromatic N) is 4. The fraction of sp³-hybridized carbons (Fsp3) is 0.500. The lowest BCUT2D eigenvalue weighted by molar-refractivity contribution is 0.461. The molecule has 0 bridgehead atoms. The number of anilines is 2. The number of fused-ring (bicyclic) bond motifs is 3. The van der Waals surface area contributed by atoms with Crippen LogP contribution in [0.5, 0.6) is 0 Å². The Labute approximate surface area is 130 Å². The predicted molar refractivity (Wildman–Crippen MR) is 89.7 cm³/mol. The third-order valence-corrected chi connectivity index (χ3v) is 4.56. The molecule has 0 spiro atoms. The summed E-state index contributed by atoms with van der Waals surface area (Å²) in [5.41, 5.74) is 10.8. The summed E-state index contributed by atoms with van der Waals surface area (Å²) in [4.78, 5) is 6.47. The Morgan fingerprint density at radius 2 is 2.23 bits per heavy atom. The van der Waals surface area contributed by atoms with Gasteiger partial charge >= 0.3 is 0 Å². The minimum Gasteiger partial charge on any atom is -0.394 e. The van der Waals surface area contributed by atoms with Gasteiger partial charge in [0.05, 0.1) is 18.4 Å². The molecule has 0 saturated heterocycles. The van der Waals surface area contributed by atoms with Gasteiger partial charge in [-0.1, -0.05) is 6.07 Å². The molecule has 2 aliphatic rings. The van der Waals surface area contributed by atoms with Crippen molar-refractivity contribution >= 4 is 23.4 Å². The summed E-state index contributed by atoms with van der Waals surface area (Å²) in [6.45, 7) is 3.88. The summed E-state index contributed by atoms with van der Waals surface area (Å²) in [6, 6.07) is 4.30. The topological polar surface area (TPSA) is 70.9 Å². The molecule has 1 aliphatic heterocycles. The second kappa shape index (κ2) is 5.51. The van der Waals surface area contributed by atoms with Gasteiger partial charge in [-0.3, -0.25) is 4.99 Å². The first-order chi connectivity index (χ1) is 10.8. The Kier molecular flexibility index (Phi) is 3.36. The SMILES string of the molecule is Nc1c(NCCCN2C=NCC2)nn2c3c(ccc12)CCC3. The van der Waals surface area contributed by atoms with Crippen LogP contribution in [0, 0.1) is 0 Å². The molecule has 0 radical (unpaired) electrons. The molecule has 2 aromatic rings. The third-order valence-electron chi connectivity index (χ3n) is 4.56. The minimum atomic E-state index is 0.762. The van der Waals surface area contributed by atoms with Crippen molar-refractivity contribution in [3.63, 3.8) is 0 Å². The van der Waals surface area contributed by atoms with Crippen LogP contribution < -0.4 is 11.1 Å². The van der Waals surface area contributed by atoms with E-state index in [1.54, 1.807) is 0 Å². The molecule has 116 valence electrons. The molecule has 0 amide bonds. The lowest BCUT2D eigenvalue weighted by atomic mass is 10.2. The van der Waals surface area contributed by atoms with Gasteiger partial charge in [0.25, 0.3) is 0 Å². The number of aromatic nitrogens is 2. The summed E-state index contributed by atoms with van der Waals surface area (Å²) < 4.78 is 2.03. The molecule has 4 rings (SSSR count). The number of aryl methyl sites for hydroxylation is 2. The fourth-order valence-electron chi connectivity index (χ4n) is 3.37. The molecule has 0 fully saturated rings. The van der Waals surface area contributed by atoms with E-state index in [2.05, 4.69) is 27.3 Å². The Morgan fingerprint density at radius 1 is 1.27 bits per heavy atom. The number of nitrogens with one attached hydrogen (secondary N) is 1. The molecule has 0 unspecified atom stereocenters. The Bertz CT molecular complexity index is 717. The molecule has 0 atom stereocenters. The van der Waals surface area contributed by atoms with E-state index in [4.69, 9.17) is 10.8 Å².